The summed E-state index contributed by atoms with van der Waals surface area (Å²) in [6, 6.07) is 11.0. The van der Waals surface area contributed by atoms with Crippen LogP contribution in [0.2, 0.25) is 0 Å². The predicted molar refractivity (Wildman–Crippen MR) is 110 cm³/mol. The molecule has 0 atom stereocenters. The van der Waals surface area contributed by atoms with E-state index in [1.165, 1.54) is 24.3 Å². The van der Waals surface area contributed by atoms with Crippen LogP contribution < -0.4 is 20.4 Å². The molecule has 2 aromatic heterocycles. The Morgan fingerprint density at radius 3 is 2.14 bits per heavy atom. The summed E-state index contributed by atoms with van der Waals surface area (Å²) in [5.74, 6) is 1.23. The van der Waals surface area contributed by atoms with E-state index in [2.05, 4.69) is 35.4 Å². The quantitative estimate of drug-likeness (QED) is 0.709. The van der Waals surface area contributed by atoms with Gasteiger partial charge in [0.1, 0.15) is 11.6 Å². The van der Waals surface area contributed by atoms with Gasteiger partial charge in [-0.3, -0.25) is 0 Å². The second-order valence-corrected chi connectivity index (χ2v) is 6.52. The van der Waals surface area contributed by atoms with Gasteiger partial charge >= 0.3 is 6.03 Å². The standard InChI is InChI=1S/C20H20FN7O/c21-15-4-6-16(7-5-15)25-20(29)26-17-13-23-19(24-14-17)28-11-9-27(10-12-28)18-3-1-2-8-22-18/h1-8,13-14H,9-12H2,(H2,25,26,29). The molecular formula is C20H20FN7O. The average molecular weight is 393 g/mol. The molecule has 3 heterocycles. The van der Waals surface area contributed by atoms with Gasteiger partial charge in [0.25, 0.3) is 0 Å². The molecular weight excluding hydrogens is 373 g/mol. The third-order valence-corrected chi connectivity index (χ3v) is 4.53. The number of hydrogen-bond acceptors (Lipinski definition) is 6. The minimum atomic E-state index is -0.447. The molecule has 0 spiro atoms. The minimum Gasteiger partial charge on any atom is -0.353 e. The number of pyridine rings is 1. The summed E-state index contributed by atoms with van der Waals surface area (Å²) in [4.78, 5) is 29.5. The summed E-state index contributed by atoms with van der Waals surface area (Å²) in [7, 11) is 0. The van der Waals surface area contributed by atoms with Gasteiger partial charge in [-0.05, 0) is 36.4 Å². The van der Waals surface area contributed by atoms with Gasteiger partial charge < -0.3 is 20.4 Å². The highest BCUT2D eigenvalue weighted by molar-refractivity contribution is 5.99. The Hall–Kier alpha value is -3.75. The van der Waals surface area contributed by atoms with Gasteiger partial charge in [-0.15, -0.1) is 0 Å². The van der Waals surface area contributed by atoms with Crippen LogP contribution in [0.5, 0.6) is 0 Å². The number of carbonyl (C=O) groups is 1. The maximum atomic E-state index is 12.9. The molecule has 0 bridgehead atoms. The highest BCUT2D eigenvalue weighted by Crippen LogP contribution is 2.17. The van der Waals surface area contributed by atoms with E-state index in [0.29, 0.717) is 17.3 Å². The van der Waals surface area contributed by atoms with Crippen LogP contribution in [-0.4, -0.2) is 47.2 Å². The monoisotopic (exact) mass is 393 g/mol. The van der Waals surface area contributed by atoms with Crippen LogP contribution in [0.25, 0.3) is 0 Å². The number of amides is 2. The fourth-order valence-corrected chi connectivity index (χ4v) is 3.05. The molecule has 4 rings (SSSR count). The van der Waals surface area contributed by atoms with Crippen LogP contribution in [0, 0.1) is 5.82 Å². The van der Waals surface area contributed by atoms with E-state index in [4.69, 9.17) is 0 Å². The van der Waals surface area contributed by atoms with Crippen LogP contribution in [0.3, 0.4) is 0 Å². The Morgan fingerprint density at radius 2 is 1.48 bits per heavy atom. The Bertz CT molecular complexity index is 943. The number of carbonyl (C=O) groups excluding carboxylic acids is 1. The third kappa shape index (κ3) is 4.75. The lowest BCUT2D eigenvalue weighted by Crippen LogP contribution is -2.47. The summed E-state index contributed by atoms with van der Waals surface area (Å²) in [6.07, 6.45) is 4.93. The summed E-state index contributed by atoms with van der Waals surface area (Å²) in [5.41, 5.74) is 0.965. The molecule has 1 saturated heterocycles. The molecule has 29 heavy (non-hydrogen) atoms. The zero-order valence-electron chi connectivity index (χ0n) is 15.6. The van der Waals surface area contributed by atoms with Gasteiger partial charge in [-0.1, -0.05) is 6.07 Å². The van der Waals surface area contributed by atoms with E-state index in [1.807, 2.05) is 18.2 Å². The Balaban J connectivity index is 1.30. The number of anilines is 4. The van der Waals surface area contributed by atoms with Gasteiger partial charge in [0.2, 0.25) is 5.95 Å². The van der Waals surface area contributed by atoms with Crippen molar-refractivity contribution < 1.29 is 9.18 Å². The largest absolute Gasteiger partial charge is 0.353 e. The molecule has 0 unspecified atom stereocenters. The van der Waals surface area contributed by atoms with Crippen molar-refractivity contribution in [1.82, 2.24) is 15.0 Å². The van der Waals surface area contributed by atoms with Crippen molar-refractivity contribution in [2.75, 3.05) is 46.6 Å². The van der Waals surface area contributed by atoms with Gasteiger partial charge in [-0.2, -0.15) is 0 Å². The zero-order valence-corrected chi connectivity index (χ0v) is 15.6. The number of nitrogens with zero attached hydrogens (tertiary/aromatic N) is 5. The fourth-order valence-electron chi connectivity index (χ4n) is 3.05. The molecule has 8 nitrogen and oxygen atoms in total. The summed E-state index contributed by atoms with van der Waals surface area (Å²) < 4.78 is 12.9. The van der Waals surface area contributed by atoms with Crippen molar-refractivity contribution in [3.05, 3.63) is 66.9 Å². The lowest BCUT2D eigenvalue weighted by atomic mass is 10.3. The first kappa shape index (κ1) is 18.6. The lowest BCUT2D eigenvalue weighted by molar-refractivity contribution is 0.262. The minimum absolute atomic E-state index is 0.360. The summed E-state index contributed by atoms with van der Waals surface area (Å²) in [6.45, 7) is 3.24. The first-order valence-electron chi connectivity index (χ1n) is 9.24. The third-order valence-electron chi connectivity index (χ3n) is 4.53. The first-order valence-corrected chi connectivity index (χ1v) is 9.24. The summed E-state index contributed by atoms with van der Waals surface area (Å²) >= 11 is 0. The molecule has 3 aromatic rings. The van der Waals surface area contributed by atoms with E-state index >= 15 is 0 Å². The number of nitrogens with one attached hydrogen (secondary N) is 2. The first-order chi connectivity index (χ1) is 14.2. The van der Waals surface area contributed by atoms with E-state index in [-0.39, 0.29) is 5.82 Å². The molecule has 2 N–H and O–H groups in total. The molecule has 2 amide bonds. The maximum Gasteiger partial charge on any atom is 0.323 e. The number of benzene rings is 1. The maximum absolute atomic E-state index is 12.9. The normalized spacial score (nSPS) is 13.8. The van der Waals surface area contributed by atoms with Crippen molar-refractivity contribution >= 4 is 29.2 Å². The topological polar surface area (TPSA) is 86.3 Å². The van der Waals surface area contributed by atoms with E-state index in [0.717, 1.165) is 32.0 Å². The molecule has 9 heteroatoms. The molecule has 1 aliphatic rings. The van der Waals surface area contributed by atoms with Crippen molar-refractivity contribution in [2.45, 2.75) is 0 Å². The number of halogens is 1. The zero-order chi connectivity index (χ0) is 20.1. The number of rotatable bonds is 4. The van der Waals surface area contributed by atoms with Crippen LogP contribution in [-0.2, 0) is 0 Å². The Morgan fingerprint density at radius 1 is 0.828 bits per heavy atom. The van der Waals surface area contributed by atoms with E-state index in [1.54, 1.807) is 18.6 Å². The Kier molecular flexibility index (Phi) is 5.46. The number of urea groups is 1. The average Bonchev–Trinajstić information content (AvgIpc) is 2.77. The highest BCUT2D eigenvalue weighted by Gasteiger charge is 2.19. The van der Waals surface area contributed by atoms with Crippen molar-refractivity contribution in [1.29, 1.82) is 0 Å². The van der Waals surface area contributed by atoms with Crippen LogP contribution >= 0.6 is 0 Å². The van der Waals surface area contributed by atoms with E-state index in [9.17, 15) is 9.18 Å². The molecule has 1 aromatic carbocycles. The van der Waals surface area contributed by atoms with Crippen LogP contribution in [0.15, 0.2) is 61.1 Å². The molecule has 0 aliphatic carbocycles. The fraction of sp³-hybridized carbons (Fsp3) is 0.200. The van der Waals surface area contributed by atoms with Crippen molar-refractivity contribution in [3.63, 3.8) is 0 Å². The lowest BCUT2D eigenvalue weighted by Gasteiger charge is -2.35. The van der Waals surface area contributed by atoms with Gasteiger partial charge in [0, 0.05) is 38.1 Å². The highest BCUT2D eigenvalue weighted by atomic mass is 19.1. The number of aromatic nitrogens is 3. The molecule has 148 valence electrons. The number of piperazine rings is 1. The second-order valence-electron chi connectivity index (χ2n) is 6.52. The van der Waals surface area contributed by atoms with Crippen LogP contribution in [0.4, 0.5) is 32.3 Å². The molecule has 0 saturated carbocycles. The SMILES string of the molecule is O=C(Nc1ccc(F)cc1)Nc1cnc(N2CCN(c3ccccn3)CC2)nc1. The molecule has 1 fully saturated rings. The molecule has 0 radical (unpaired) electrons. The second kappa shape index (κ2) is 8.51. The van der Waals surface area contributed by atoms with Gasteiger partial charge in [0.05, 0.1) is 18.1 Å². The predicted octanol–water partition coefficient (Wildman–Crippen LogP) is 2.98. The van der Waals surface area contributed by atoms with Gasteiger partial charge in [-0.25, -0.2) is 24.1 Å². The van der Waals surface area contributed by atoms with Crippen molar-refractivity contribution in [2.24, 2.45) is 0 Å². The number of hydrogen-bond donors (Lipinski definition) is 2. The Labute approximate surface area is 167 Å². The van der Waals surface area contributed by atoms with Crippen LogP contribution in [0.1, 0.15) is 0 Å². The summed E-state index contributed by atoms with van der Waals surface area (Å²) in [5, 5.41) is 5.28. The van der Waals surface area contributed by atoms with Gasteiger partial charge in [0.15, 0.2) is 0 Å². The van der Waals surface area contributed by atoms with E-state index < -0.39 is 6.03 Å². The smallest absolute Gasteiger partial charge is 0.323 e. The molecule has 1 aliphatic heterocycles. The van der Waals surface area contributed by atoms with Crippen molar-refractivity contribution in [3.8, 4) is 0 Å².